The van der Waals surface area contributed by atoms with E-state index in [4.69, 9.17) is 14.5 Å². The molecule has 8 nitrogen and oxygen atoms in total. The van der Waals surface area contributed by atoms with Gasteiger partial charge in [0.05, 0.1) is 30.4 Å². The highest BCUT2D eigenvalue weighted by Gasteiger charge is 2.24. The lowest BCUT2D eigenvalue weighted by Gasteiger charge is -2.28. The number of carbonyl (C=O) groups is 1. The van der Waals surface area contributed by atoms with Gasteiger partial charge < -0.3 is 24.6 Å². The maximum atomic E-state index is 13.7. The quantitative estimate of drug-likeness (QED) is 0.401. The number of amides is 1. The number of hydrogen-bond acceptors (Lipinski definition) is 7. The molecule has 1 N–H and O–H groups in total. The van der Waals surface area contributed by atoms with Gasteiger partial charge in [-0.3, -0.25) is 9.78 Å². The minimum absolute atomic E-state index is 0.0558. The molecule has 1 atom stereocenters. The van der Waals surface area contributed by atoms with Crippen molar-refractivity contribution in [2.24, 2.45) is 0 Å². The Morgan fingerprint density at radius 3 is 2.22 bits per heavy atom. The molecule has 226 valence electrons. The summed E-state index contributed by atoms with van der Waals surface area (Å²) in [6.45, 7) is 13.9. The van der Waals surface area contributed by atoms with Gasteiger partial charge >= 0.3 is 0 Å². The summed E-state index contributed by atoms with van der Waals surface area (Å²) in [5.41, 5.74) is 2.36. The van der Waals surface area contributed by atoms with Gasteiger partial charge in [0, 0.05) is 43.4 Å². The Labute approximate surface area is 243 Å². The molecule has 0 bridgehead atoms. The Hall–Kier alpha value is -3.37. The summed E-state index contributed by atoms with van der Waals surface area (Å²) in [6.07, 6.45) is 3.10. The fraction of sp³-hybridized carbons (Fsp3) is 0.516. The molecule has 0 saturated carbocycles. The molecule has 2 aliphatic rings. The highest BCUT2D eigenvalue weighted by Crippen LogP contribution is 2.30. The third kappa shape index (κ3) is 9.06. The van der Waals surface area contributed by atoms with Gasteiger partial charge in [-0.25, -0.2) is 13.8 Å². The summed E-state index contributed by atoms with van der Waals surface area (Å²) in [6, 6.07) is 6.96. The van der Waals surface area contributed by atoms with Crippen molar-refractivity contribution in [3.63, 3.8) is 0 Å². The number of nitrogens with one attached hydrogen (secondary N) is 1. The molecule has 0 radical (unpaired) electrons. The van der Waals surface area contributed by atoms with Crippen LogP contribution < -0.4 is 15.0 Å². The Bertz CT molecular complexity index is 1230. The van der Waals surface area contributed by atoms with E-state index < -0.39 is 17.7 Å². The molecule has 0 aliphatic carbocycles. The molecule has 5 rings (SSSR count). The van der Waals surface area contributed by atoms with Gasteiger partial charge in [0.2, 0.25) is 0 Å². The Kier molecular flexibility index (Phi) is 14.4. The molecule has 2 aliphatic heterocycles. The average molecular weight is 574 g/mol. The van der Waals surface area contributed by atoms with Crippen molar-refractivity contribution in [3.05, 3.63) is 59.3 Å². The predicted octanol–water partition coefficient (Wildman–Crippen LogP) is 6.01. The number of morpholine rings is 1. The molecule has 1 aromatic heterocycles. The Balaban J connectivity index is 0.000000775. The third-order valence-corrected chi connectivity index (χ3v) is 6.28. The minimum Gasteiger partial charge on any atom is -0.486 e. The maximum Gasteiger partial charge on any atom is 0.253 e. The number of likely N-dealkylation sites (tertiary alicyclic amines) is 1. The molecular weight excluding hydrogens is 528 g/mol. The average Bonchev–Trinajstić information content (AvgIpc) is 3.56. The van der Waals surface area contributed by atoms with E-state index >= 15 is 0 Å². The minimum atomic E-state index is -0.984. The number of halogens is 2. The van der Waals surface area contributed by atoms with E-state index in [0.29, 0.717) is 48.5 Å². The summed E-state index contributed by atoms with van der Waals surface area (Å²) in [5.74, 6) is -1.07. The maximum absolute atomic E-state index is 13.7. The second kappa shape index (κ2) is 17.4. The van der Waals surface area contributed by atoms with E-state index in [1.54, 1.807) is 25.3 Å². The number of anilines is 1. The molecule has 41 heavy (non-hydrogen) atoms. The molecule has 10 heteroatoms. The molecule has 3 heterocycles. The number of fused-ring (bicyclic) bond motifs is 1. The van der Waals surface area contributed by atoms with Crippen molar-refractivity contribution in [2.45, 2.75) is 53.6 Å². The standard InChI is InChI=1S/C25H26F2N4O3.C2H7N.2C2H6/c1-16(34-18-4-5-20(26)21(27)14-18)19-12-17(25(32)31-6-2-3-7-31)13-22-24(19)29-23(15-28-22)30-8-10-33-11-9-30;1-3-2;2*1-2/h4-5,12-16H,2-3,6-11H2,1H3;3H,1-2H3;2*1-2H3. The lowest BCUT2D eigenvalue weighted by atomic mass is 10.0. The summed E-state index contributed by atoms with van der Waals surface area (Å²) >= 11 is 0. The van der Waals surface area contributed by atoms with Gasteiger partial charge in [-0.05, 0) is 58.1 Å². The second-order valence-corrected chi connectivity index (χ2v) is 9.10. The normalized spacial score (nSPS) is 15.0. The van der Waals surface area contributed by atoms with Crippen LogP contribution in [0, 0.1) is 11.6 Å². The van der Waals surface area contributed by atoms with E-state index in [1.807, 2.05) is 46.7 Å². The molecule has 2 saturated heterocycles. The van der Waals surface area contributed by atoms with E-state index in [1.165, 1.54) is 6.07 Å². The van der Waals surface area contributed by atoms with Crippen molar-refractivity contribution in [2.75, 3.05) is 58.4 Å². The molecule has 0 spiro atoms. The Morgan fingerprint density at radius 2 is 1.61 bits per heavy atom. The van der Waals surface area contributed by atoms with Crippen molar-refractivity contribution in [3.8, 4) is 5.75 Å². The van der Waals surface area contributed by atoms with Crippen LogP contribution in [-0.2, 0) is 4.74 Å². The van der Waals surface area contributed by atoms with Crippen molar-refractivity contribution in [1.29, 1.82) is 0 Å². The molecule has 2 fully saturated rings. The van der Waals surface area contributed by atoms with Crippen LogP contribution in [0.1, 0.15) is 69.5 Å². The molecule has 3 aromatic rings. The summed E-state index contributed by atoms with van der Waals surface area (Å²) in [4.78, 5) is 26.6. The van der Waals surface area contributed by atoms with Gasteiger partial charge in [-0.2, -0.15) is 0 Å². The Morgan fingerprint density at radius 1 is 0.976 bits per heavy atom. The number of benzene rings is 2. The fourth-order valence-corrected chi connectivity index (χ4v) is 4.43. The van der Waals surface area contributed by atoms with Gasteiger partial charge in [0.25, 0.3) is 5.91 Å². The first-order valence-corrected chi connectivity index (χ1v) is 14.5. The molecular formula is C31H45F2N5O3. The van der Waals surface area contributed by atoms with Crippen LogP contribution in [0.3, 0.4) is 0 Å². The highest BCUT2D eigenvalue weighted by atomic mass is 19.2. The molecule has 1 unspecified atom stereocenters. The first kappa shape index (κ1) is 33.8. The number of rotatable bonds is 5. The van der Waals surface area contributed by atoms with Crippen LogP contribution in [0.2, 0.25) is 0 Å². The number of ether oxygens (including phenoxy) is 2. The number of hydrogen-bond donors (Lipinski definition) is 1. The first-order chi connectivity index (χ1) is 19.9. The van der Waals surface area contributed by atoms with E-state index in [2.05, 4.69) is 15.2 Å². The number of aromatic nitrogens is 2. The van der Waals surface area contributed by atoms with Crippen LogP contribution in [-0.4, -0.2) is 74.3 Å². The van der Waals surface area contributed by atoms with Gasteiger partial charge in [0.1, 0.15) is 17.7 Å². The van der Waals surface area contributed by atoms with Gasteiger partial charge in [-0.15, -0.1) is 0 Å². The highest BCUT2D eigenvalue weighted by molar-refractivity contribution is 5.98. The lowest BCUT2D eigenvalue weighted by molar-refractivity contribution is 0.0792. The SMILES string of the molecule is CC.CC.CC(Oc1ccc(F)c(F)c1)c1cc(C(=O)N2CCCC2)cc2ncc(N3CCOCC3)nc12.CNC. The van der Waals surface area contributed by atoms with Crippen LogP contribution in [0.4, 0.5) is 14.6 Å². The van der Waals surface area contributed by atoms with Gasteiger partial charge in [-0.1, -0.05) is 27.7 Å². The van der Waals surface area contributed by atoms with Crippen LogP contribution >= 0.6 is 0 Å². The van der Waals surface area contributed by atoms with E-state index in [-0.39, 0.29) is 11.7 Å². The summed E-state index contributed by atoms with van der Waals surface area (Å²) in [7, 11) is 3.75. The fourth-order valence-electron chi connectivity index (χ4n) is 4.43. The smallest absolute Gasteiger partial charge is 0.253 e. The van der Waals surface area contributed by atoms with Crippen molar-refractivity contribution >= 4 is 22.8 Å². The van der Waals surface area contributed by atoms with Gasteiger partial charge in [0.15, 0.2) is 11.6 Å². The number of carbonyl (C=O) groups excluding carboxylic acids is 1. The third-order valence-electron chi connectivity index (χ3n) is 6.28. The topological polar surface area (TPSA) is 79.8 Å². The lowest BCUT2D eigenvalue weighted by Crippen LogP contribution is -2.36. The van der Waals surface area contributed by atoms with E-state index in [0.717, 1.165) is 43.9 Å². The number of nitrogens with zero attached hydrogens (tertiary/aromatic N) is 4. The zero-order valence-electron chi connectivity index (χ0n) is 25.5. The summed E-state index contributed by atoms with van der Waals surface area (Å²) in [5, 5.41) is 2.75. The van der Waals surface area contributed by atoms with E-state index in [9.17, 15) is 13.6 Å². The van der Waals surface area contributed by atoms with Crippen LogP contribution in [0.15, 0.2) is 36.5 Å². The van der Waals surface area contributed by atoms with Crippen LogP contribution in [0.5, 0.6) is 5.75 Å². The predicted molar refractivity (Wildman–Crippen MR) is 161 cm³/mol. The second-order valence-electron chi connectivity index (χ2n) is 9.10. The van der Waals surface area contributed by atoms with Crippen molar-refractivity contribution < 1.29 is 23.0 Å². The van der Waals surface area contributed by atoms with Crippen molar-refractivity contribution in [1.82, 2.24) is 20.2 Å². The first-order valence-electron chi connectivity index (χ1n) is 14.5. The monoisotopic (exact) mass is 573 g/mol. The summed E-state index contributed by atoms with van der Waals surface area (Å²) < 4.78 is 38.5. The van der Waals surface area contributed by atoms with Crippen LogP contribution in [0.25, 0.3) is 11.0 Å². The zero-order valence-corrected chi connectivity index (χ0v) is 25.5. The molecule has 1 amide bonds. The largest absolute Gasteiger partial charge is 0.486 e. The molecule has 2 aromatic carbocycles. The zero-order chi connectivity index (χ0) is 30.4.